The normalized spacial score (nSPS) is 16.7. The summed E-state index contributed by atoms with van der Waals surface area (Å²) < 4.78 is 5.75. The molecule has 0 atom stereocenters. The molecule has 0 saturated carbocycles. The molecule has 1 saturated heterocycles. The number of aromatic nitrogens is 2. The third-order valence-corrected chi connectivity index (χ3v) is 3.38. The molecule has 0 unspecified atom stereocenters. The Bertz CT molecular complexity index is 532. The Morgan fingerprint density at radius 1 is 1.37 bits per heavy atom. The first-order valence-electron chi connectivity index (χ1n) is 6.63. The SMILES string of the molecule is Cc1oc(-c2cccnc2)nc1CN1CCNCC1. The standard InChI is InChI=1S/C14H18N4O/c1-11-13(10-18-7-5-15-6-8-18)17-14(19-11)12-3-2-4-16-9-12/h2-4,9,15H,5-8,10H2,1H3. The van der Waals surface area contributed by atoms with Gasteiger partial charge in [0, 0.05) is 45.1 Å². The van der Waals surface area contributed by atoms with Gasteiger partial charge in [0.15, 0.2) is 0 Å². The second kappa shape index (κ2) is 5.50. The molecule has 19 heavy (non-hydrogen) atoms. The van der Waals surface area contributed by atoms with Gasteiger partial charge < -0.3 is 9.73 Å². The quantitative estimate of drug-likeness (QED) is 0.903. The minimum Gasteiger partial charge on any atom is -0.441 e. The van der Waals surface area contributed by atoms with Crippen LogP contribution in [-0.4, -0.2) is 41.0 Å². The van der Waals surface area contributed by atoms with Crippen molar-refractivity contribution in [1.29, 1.82) is 0 Å². The summed E-state index contributed by atoms with van der Waals surface area (Å²) in [5.41, 5.74) is 1.96. The highest BCUT2D eigenvalue weighted by Crippen LogP contribution is 2.21. The van der Waals surface area contributed by atoms with Crippen LogP contribution >= 0.6 is 0 Å². The topological polar surface area (TPSA) is 54.2 Å². The van der Waals surface area contributed by atoms with E-state index < -0.39 is 0 Å². The molecule has 1 fully saturated rings. The molecular formula is C14H18N4O. The van der Waals surface area contributed by atoms with Crippen LogP contribution in [0.25, 0.3) is 11.5 Å². The Kier molecular flexibility index (Phi) is 3.57. The van der Waals surface area contributed by atoms with Gasteiger partial charge in [-0.25, -0.2) is 4.98 Å². The fourth-order valence-corrected chi connectivity index (χ4v) is 2.27. The Morgan fingerprint density at radius 2 is 2.21 bits per heavy atom. The van der Waals surface area contributed by atoms with Crippen molar-refractivity contribution in [3.8, 4) is 11.5 Å². The number of nitrogens with zero attached hydrogens (tertiary/aromatic N) is 3. The van der Waals surface area contributed by atoms with Crippen molar-refractivity contribution in [2.45, 2.75) is 13.5 Å². The zero-order chi connectivity index (χ0) is 13.1. The largest absolute Gasteiger partial charge is 0.441 e. The van der Waals surface area contributed by atoms with Gasteiger partial charge in [-0.1, -0.05) is 0 Å². The van der Waals surface area contributed by atoms with Crippen LogP contribution in [-0.2, 0) is 6.54 Å². The number of oxazole rings is 1. The van der Waals surface area contributed by atoms with E-state index in [9.17, 15) is 0 Å². The van der Waals surface area contributed by atoms with Crippen molar-refractivity contribution >= 4 is 0 Å². The van der Waals surface area contributed by atoms with Gasteiger partial charge in [0.25, 0.3) is 0 Å². The van der Waals surface area contributed by atoms with Gasteiger partial charge in [-0.15, -0.1) is 0 Å². The average molecular weight is 258 g/mol. The number of nitrogens with one attached hydrogen (secondary N) is 1. The van der Waals surface area contributed by atoms with Gasteiger partial charge in [-0.05, 0) is 19.1 Å². The molecule has 1 aliphatic rings. The average Bonchev–Trinajstić information content (AvgIpc) is 2.82. The fraction of sp³-hybridized carbons (Fsp3) is 0.429. The van der Waals surface area contributed by atoms with E-state index in [-0.39, 0.29) is 0 Å². The number of hydrogen-bond acceptors (Lipinski definition) is 5. The molecule has 0 amide bonds. The van der Waals surface area contributed by atoms with Crippen LogP contribution < -0.4 is 5.32 Å². The van der Waals surface area contributed by atoms with E-state index in [1.165, 1.54) is 0 Å². The van der Waals surface area contributed by atoms with Gasteiger partial charge >= 0.3 is 0 Å². The van der Waals surface area contributed by atoms with Gasteiger partial charge in [-0.2, -0.15) is 0 Å². The van der Waals surface area contributed by atoms with Crippen molar-refractivity contribution < 1.29 is 4.42 Å². The number of pyridine rings is 1. The number of piperazine rings is 1. The molecule has 3 rings (SSSR count). The van der Waals surface area contributed by atoms with Gasteiger partial charge in [0.05, 0.1) is 11.3 Å². The van der Waals surface area contributed by atoms with Crippen molar-refractivity contribution in [3.05, 3.63) is 36.0 Å². The molecule has 0 aliphatic carbocycles. The van der Waals surface area contributed by atoms with Gasteiger partial charge in [0.2, 0.25) is 5.89 Å². The second-order valence-electron chi connectivity index (χ2n) is 4.79. The van der Waals surface area contributed by atoms with Crippen molar-refractivity contribution in [2.75, 3.05) is 26.2 Å². The summed E-state index contributed by atoms with van der Waals surface area (Å²) in [5, 5.41) is 3.35. The second-order valence-corrected chi connectivity index (χ2v) is 4.79. The summed E-state index contributed by atoms with van der Waals surface area (Å²) in [4.78, 5) is 11.1. The lowest BCUT2D eigenvalue weighted by molar-refractivity contribution is 0.230. The third-order valence-electron chi connectivity index (χ3n) is 3.38. The molecule has 2 aromatic rings. The lowest BCUT2D eigenvalue weighted by atomic mass is 10.3. The summed E-state index contributed by atoms with van der Waals surface area (Å²) in [5.74, 6) is 1.56. The molecule has 0 radical (unpaired) electrons. The molecule has 1 aliphatic heterocycles. The highest BCUT2D eigenvalue weighted by Gasteiger charge is 2.16. The van der Waals surface area contributed by atoms with Crippen LogP contribution in [0.4, 0.5) is 0 Å². The van der Waals surface area contributed by atoms with Gasteiger partial charge in [-0.3, -0.25) is 9.88 Å². The maximum absolute atomic E-state index is 5.75. The van der Waals surface area contributed by atoms with E-state index in [1.54, 1.807) is 12.4 Å². The van der Waals surface area contributed by atoms with Crippen LogP contribution in [0.15, 0.2) is 28.9 Å². The van der Waals surface area contributed by atoms with Crippen molar-refractivity contribution in [3.63, 3.8) is 0 Å². The minimum absolute atomic E-state index is 0.663. The summed E-state index contributed by atoms with van der Waals surface area (Å²) in [7, 11) is 0. The summed E-state index contributed by atoms with van der Waals surface area (Å²) in [6.07, 6.45) is 3.53. The van der Waals surface area contributed by atoms with Crippen LogP contribution in [0, 0.1) is 6.92 Å². The lowest BCUT2D eigenvalue weighted by Gasteiger charge is -2.26. The molecule has 0 aromatic carbocycles. The number of rotatable bonds is 3. The maximum atomic E-state index is 5.75. The zero-order valence-corrected chi connectivity index (χ0v) is 11.1. The molecule has 100 valence electrons. The smallest absolute Gasteiger partial charge is 0.228 e. The first-order valence-corrected chi connectivity index (χ1v) is 6.63. The van der Waals surface area contributed by atoms with Crippen molar-refractivity contribution in [2.24, 2.45) is 0 Å². The first-order chi connectivity index (χ1) is 9.33. The van der Waals surface area contributed by atoms with Crippen LogP contribution in [0.3, 0.4) is 0 Å². The molecular weight excluding hydrogens is 240 g/mol. The molecule has 3 heterocycles. The number of hydrogen-bond donors (Lipinski definition) is 1. The Balaban J connectivity index is 1.77. The van der Waals surface area contributed by atoms with E-state index in [2.05, 4.69) is 20.2 Å². The highest BCUT2D eigenvalue weighted by molar-refractivity contribution is 5.51. The molecule has 0 spiro atoms. The van der Waals surface area contributed by atoms with E-state index >= 15 is 0 Å². The summed E-state index contributed by atoms with van der Waals surface area (Å²) in [6.45, 7) is 7.06. The molecule has 2 aromatic heterocycles. The highest BCUT2D eigenvalue weighted by atomic mass is 16.4. The van der Waals surface area contributed by atoms with E-state index in [0.717, 1.165) is 49.7 Å². The van der Waals surface area contributed by atoms with Crippen LogP contribution in [0.5, 0.6) is 0 Å². The third kappa shape index (κ3) is 2.83. The molecule has 0 bridgehead atoms. The van der Waals surface area contributed by atoms with E-state index in [0.29, 0.717) is 5.89 Å². The number of aryl methyl sites for hydroxylation is 1. The van der Waals surface area contributed by atoms with Crippen LogP contribution in [0.2, 0.25) is 0 Å². The Hall–Kier alpha value is -1.72. The predicted octanol–water partition coefficient (Wildman–Crippen LogP) is 1.45. The lowest BCUT2D eigenvalue weighted by Crippen LogP contribution is -2.43. The zero-order valence-electron chi connectivity index (χ0n) is 11.1. The Labute approximate surface area is 112 Å². The molecule has 5 heteroatoms. The van der Waals surface area contributed by atoms with Gasteiger partial charge in [0.1, 0.15) is 5.76 Å². The summed E-state index contributed by atoms with van der Waals surface area (Å²) in [6, 6.07) is 3.86. The minimum atomic E-state index is 0.663. The molecule has 5 nitrogen and oxygen atoms in total. The van der Waals surface area contributed by atoms with Crippen LogP contribution in [0.1, 0.15) is 11.5 Å². The van der Waals surface area contributed by atoms with E-state index in [4.69, 9.17) is 4.42 Å². The fourth-order valence-electron chi connectivity index (χ4n) is 2.27. The van der Waals surface area contributed by atoms with E-state index in [1.807, 2.05) is 19.1 Å². The predicted molar refractivity (Wildman–Crippen MR) is 72.6 cm³/mol. The monoisotopic (exact) mass is 258 g/mol. The molecule has 1 N–H and O–H groups in total. The first kappa shape index (κ1) is 12.3. The van der Waals surface area contributed by atoms with Crippen molar-refractivity contribution in [1.82, 2.24) is 20.2 Å². The Morgan fingerprint density at radius 3 is 2.95 bits per heavy atom. The maximum Gasteiger partial charge on any atom is 0.228 e. The summed E-state index contributed by atoms with van der Waals surface area (Å²) >= 11 is 0.